The van der Waals surface area contributed by atoms with E-state index >= 15 is 0 Å². The van der Waals surface area contributed by atoms with Crippen molar-refractivity contribution in [1.82, 2.24) is 19.8 Å². The molecule has 0 saturated carbocycles. The molecule has 1 aromatic rings. The maximum Gasteiger partial charge on any atom is 0.275 e. The van der Waals surface area contributed by atoms with Crippen molar-refractivity contribution in [2.45, 2.75) is 45.7 Å². The summed E-state index contributed by atoms with van der Waals surface area (Å²) in [7, 11) is 1.82. The summed E-state index contributed by atoms with van der Waals surface area (Å²) in [6, 6.07) is -0.279. The lowest BCUT2D eigenvalue weighted by molar-refractivity contribution is -0.125. The minimum absolute atomic E-state index is 0.0597. The molecule has 1 aliphatic heterocycles. The number of amides is 2. The number of carbonyl (C=O) groups is 2. The van der Waals surface area contributed by atoms with Crippen molar-refractivity contribution in [2.24, 2.45) is 13.0 Å². The Kier molecular flexibility index (Phi) is 6.10. The van der Waals surface area contributed by atoms with E-state index in [0.717, 1.165) is 12.8 Å². The first-order valence-electron chi connectivity index (χ1n) is 8.05. The Labute approximate surface area is 142 Å². The molecule has 23 heavy (non-hydrogen) atoms. The molecule has 0 aliphatic carbocycles. The monoisotopic (exact) mass is 338 g/mol. The van der Waals surface area contributed by atoms with Gasteiger partial charge in [-0.05, 0) is 25.7 Å². The zero-order valence-corrected chi connectivity index (χ0v) is 15.1. The normalized spacial score (nSPS) is 19.2. The van der Waals surface area contributed by atoms with E-state index in [9.17, 15) is 9.59 Å². The second kappa shape index (κ2) is 7.86. The van der Waals surface area contributed by atoms with Crippen molar-refractivity contribution in [3.05, 3.63) is 18.2 Å². The number of aromatic nitrogens is 2. The Hall–Kier alpha value is -1.50. The van der Waals surface area contributed by atoms with Gasteiger partial charge in [-0.2, -0.15) is 0 Å². The number of imidazole rings is 1. The molecule has 0 bridgehead atoms. The van der Waals surface area contributed by atoms with Crippen LogP contribution in [-0.4, -0.2) is 50.0 Å². The van der Waals surface area contributed by atoms with Gasteiger partial charge in [0.2, 0.25) is 5.91 Å². The summed E-state index contributed by atoms with van der Waals surface area (Å²) in [6.45, 7) is 6.37. The van der Waals surface area contributed by atoms with E-state index in [1.54, 1.807) is 33.8 Å². The highest BCUT2D eigenvalue weighted by Crippen LogP contribution is 2.23. The summed E-state index contributed by atoms with van der Waals surface area (Å²) in [5.41, 5.74) is 0.389. The Morgan fingerprint density at radius 2 is 2.13 bits per heavy atom. The van der Waals surface area contributed by atoms with Gasteiger partial charge >= 0.3 is 0 Å². The number of nitrogens with one attached hydrogen (secondary N) is 1. The van der Waals surface area contributed by atoms with Crippen molar-refractivity contribution >= 4 is 23.6 Å². The summed E-state index contributed by atoms with van der Waals surface area (Å²) in [6.07, 6.45) is 5.32. The smallest absolute Gasteiger partial charge is 0.275 e. The second-order valence-electron chi connectivity index (χ2n) is 6.60. The number of thioether (sulfide) groups is 1. The molecule has 0 radical (unpaired) electrons. The minimum atomic E-state index is -0.406. The number of hydrogen-bond acceptors (Lipinski definition) is 4. The highest BCUT2D eigenvalue weighted by molar-refractivity contribution is 7.99. The fourth-order valence-corrected chi connectivity index (χ4v) is 3.68. The largest absolute Gasteiger partial charge is 0.352 e. The van der Waals surface area contributed by atoms with Gasteiger partial charge in [-0.3, -0.25) is 9.59 Å². The third-order valence-corrected chi connectivity index (χ3v) is 4.95. The van der Waals surface area contributed by atoms with Gasteiger partial charge in [-0.25, -0.2) is 4.98 Å². The number of nitrogens with zero attached hydrogens (tertiary/aromatic N) is 3. The predicted molar refractivity (Wildman–Crippen MR) is 92.2 cm³/mol. The van der Waals surface area contributed by atoms with Crippen molar-refractivity contribution in [2.75, 3.05) is 11.6 Å². The van der Waals surface area contributed by atoms with Gasteiger partial charge in [0.1, 0.15) is 11.7 Å². The van der Waals surface area contributed by atoms with Crippen LogP contribution in [0.2, 0.25) is 0 Å². The van der Waals surface area contributed by atoms with Crippen LogP contribution in [0.1, 0.15) is 44.1 Å². The highest BCUT2D eigenvalue weighted by Gasteiger charge is 2.36. The van der Waals surface area contributed by atoms with Crippen LogP contribution in [0.25, 0.3) is 0 Å². The first-order valence-corrected chi connectivity index (χ1v) is 9.21. The second-order valence-corrected chi connectivity index (χ2v) is 7.60. The molecule has 1 N–H and O–H groups in total. The lowest BCUT2D eigenvalue weighted by Crippen LogP contribution is -2.49. The molecule has 1 aromatic heterocycles. The zero-order valence-electron chi connectivity index (χ0n) is 14.3. The first-order chi connectivity index (χ1) is 10.9. The summed E-state index contributed by atoms with van der Waals surface area (Å²) in [4.78, 5) is 30.8. The third kappa shape index (κ3) is 4.73. The molecule has 7 heteroatoms. The van der Waals surface area contributed by atoms with Gasteiger partial charge < -0.3 is 14.8 Å². The molecule has 6 nitrogen and oxygen atoms in total. The van der Waals surface area contributed by atoms with Crippen LogP contribution in [0, 0.1) is 5.92 Å². The van der Waals surface area contributed by atoms with Crippen molar-refractivity contribution in [3.63, 3.8) is 0 Å². The van der Waals surface area contributed by atoms with Crippen LogP contribution in [0.5, 0.6) is 0 Å². The molecule has 2 atom stereocenters. The molecular weight excluding hydrogens is 312 g/mol. The Morgan fingerprint density at radius 3 is 2.74 bits per heavy atom. The molecule has 0 unspecified atom stereocenters. The van der Waals surface area contributed by atoms with Crippen LogP contribution in [0.4, 0.5) is 0 Å². The molecule has 0 spiro atoms. The molecule has 128 valence electrons. The SMILES string of the molecule is CC(C)CC[C@@H](C)NC(=O)[C@H]1CSCN1C(=O)c1cn(C)cn1. The summed E-state index contributed by atoms with van der Waals surface area (Å²) < 4.78 is 1.74. The molecular formula is C16H26N4O2S. The first kappa shape index (κ1) is 17.8. The van der Waals surface area contributed by atoms with Crippen LogP contribution >= 0.6 is 11.8 Å². The maximum atomic E-state index is 12.5. The molecule has 1 saturated heterocycles. The van der Waals surface area contributed by atoms with Gasteiger partial charge in [0.05, 0.1) is 12.2 Å². The number of carbonyl (C=O) groups excluding carboxylic acids is 2. The fraction of sp³-hybridized carbons (Fsp3) is 0.688. The predicted octanol–water partition coefficient (Wildman–Crippen LogP) is 1.88. The summed E-state index contributed by atoms with van der Waals surface area (Å²) in [5, 5.41) is 3.05. The van der Waals surface area contributed by atoms with Gasteiger partial charge in [-0.15, -0.1) is 11.8 Å². The average Bonchev–Trinajstić information content (AvgIpc) is 3.13. The summed E-state index contributed by atoms with van der Waals surface area (Å²) >= 11 is 1.60. The maximum absolute atomic E-state index is 12.5. The molecule has 2 amide bonds. The van der Waals surface area contributed by atoms with E-state index in [-0.39, 0.29) is 17.9 Å². The standard InChI is InChI=1S/C16H26N4O2S/c1-11(2)5-6-12(3)18-15(21)14-8-23-10-20(14)16(22)13-7-19(4)9-17-13/h7,9,11-12,14H,5-6,8,10H2,1-4H3,(H,18,21)/t12-,14-/m1/s1. The van der Waals surface area contributed by atoms with E-state index < -0.39 is 6.04 Å². The highest BCUT2D eigenvalue weighted by atomic mass is 32.2. The Morgan fingerprint density at radius 1 is 1.39 bits per heavy atom. The molecule has 2 rings (SSSR count). The van der Waals surface area contributed by atoms with Crippen LogP contribution in [-0.2, 0) is 11.8 Å². The van der Waals surface area contributed by atoms with Crippen molar-refractivity contribution < 1.29 is 9.59 Å². The summed E-state index contributed by atoms with van der Waals surface area (Å²) in [5.74, 6) is 1.56. The number of aryl methyl sites for hydroxylation is 1. The minimum Gasteiger partial charge on any atom is -0.352 e. The fourth-order valence-electron chi connectivity index (χ4n) is 2.52. The van der Waals surface area contributed by atoms with Gasteiger partial charge in [0.25, 0.3) is 5.91 Å². The van der Waals surface area contributed by atoms with E-state index in [1.165, 1.54) is 0 Å². The van der Waals surface area contributed by atoms with E-state index in [1.807, 2.05) is 14.0 Å². The van der Waals surface area contributed by atoms with Crippen molar-refractivity contribution in [1.29, 1.82) is 0 Å². The topological polar surface area (TPSA) is 67.2 Å². The van der Waals surface area contributed by atoms with Crippen LogP contribution in [0.3, 0.4) is 0 Å². The van der Waals surface area contributed by atoms with Crippen LogP contribution in [0.15, 0.2) is 12.5 Å². The van der Waals surface area contributed by atoms with E-state index in [4.69, 9.17) is 0 Å². The molecule has 0 aromatic carbocycles. The molecule has 1 fully saturated rings. The molecule has 2 heterocycles. The Bertz CT molecular complexity index is 558. The quantitative estimate of drug-likeness (QED) is 0.860. The lowest BCUT2D eigenvalue weighted by Gasteiger charge is -2.24. The third-order valence-electron chi connectivity index (χ3n) is 3.94. The van der Waals surface area contributed by atoms with E-state index in [0.29, 0.717) is 23.2 Å². The average molecular weight is 338 g/mol. The van der Waals surface area contributed by atoms with Gasteiger partial charge in [-0.1, -0.05) is 13.8 Å². The van der Waals surface area contributed by atoms with Gasteiger partial charge in [0.15, 0.2) is 0 Å². The number of rotatable bonds is 6. The number of hydrogen-bond donors (Lipinski definition) is 1. The van der Waals surface area contributed by atoms with Crippen LogP contribution < -0.4 is 5.32 Å². The van der Waals surface area contributed by atoms with Crippen molar-refractivity contribution in [3.8, 4) is 0 Å². The van der Waals surface area contributed by atoms with Gasteiger partial charge in [0, 0.05) is 25.0 Å². The zero-order chi connectivity index (χ0) is 17.0. The molecule has 1 aliphatic rings. The lowest BCUT2D eigenvalue weighted by atomic mass is 10.0. The Balaban J connectivity index is 1.95. The van der Waals surface area contributed by atoms with E-state index in [2.05, 4.69) is 24.1 Å².